The second kappa shape index (κ2) is 7.53. The van der Waals surface area contributed by atoms with Crippen molar-refractivity contribution in [2.24, 2.45) is 0 Å². The number of nitrogens with one attached hydrogen (secondary N) is 1. The summed E-state index contributed by atoms with van der Waals surface area (Å²) in [4.78, 5) is 25.6. The van der Waals surface area contributed by atoms with Crippen LogP contribution < -0.4 is 5.32 Å². The number of benzene rings is 1. The number of carboxylic acid groups (broad SMARTS) is 1. The molecule has 0 unspecified atom stereocenters. The summed E-state index contributed by atoms with van der Waals surface area (Å²) in [5.74, 6) is -1.07. The fraction of sp³-hybridized carbons (Fsp3) is 0.368. The molecule has 1 aliphatic heterocycles. The number of nitrogens with zero attached hydrogens (tertiary/aromatic N) is 1. The number of hydrogen-bond donors (Lipinski definition) is 2. The average molecular weight is 342 g/mol. The second-order valence-electron chi connectivity index (χ2n) is 6.16. The largest absolute Gasteiger partial charge is 0.478 e. The maximum atomic E-state index is 12.2. The Morgan fingerprint density at radius 2 is 2.04 bits per heavy atom. The van der Waals surface area contributed by atoms with Gasteiger partial charge < -0.3 is 14.8 Å². The smallest absolute Gasteiger partial charge is 0.339 e. The van der Waals surface area contributed by atoms with Crippen molar-refractivity contribution in [3.63, 3.8) is 0 Å². The van der Waals surface area contributed by atoms with Gasteiger partial charge in [0.25, 0.3) is 5.91 Å². The van der Waals surface area contributed by atoms with Crippen LogP contribution in [-0.2, 0) is 19.4 Å². The third kappa shape index (κ3) is 3.91. The van der Waals surface area contributed by atoms with Crippen LogP contribution in [0.25, 0.3) is 0 Å². The summed E-state index contributed by atoms with van der Waals surface area (Å²) in [6, 6.07) is 9.72. The molecule has 0 saturated heterocycles. The Bertz CT molecular complexity index is 781. The average Bonchev–Trinajstić information content (AvgIpc) is 3.06. The molecule has 1 aliphatic rings. The van der Waals surface area contributed by atoms with Crippen molar-refractivity contribution in [2.45, 2.75) is 26.3 Å². The Kier molecular flexibility index (Phi) is 5.19. The molecule has 2 N–H and O–H groups in total. The molecule has 0 radical (unpaired) electrons. The normalized spacial score (nSPS) is 14.1. The lowest BCUT2D eigenvalue weighted by Gasteiger charge is -2.28. The van der Waals surface area contributed by atoms with E-state index >= 15 is 0 Å². The van der Waals surface area contributed by atoms with Crippen LogP contribution >= 0.6 is 0 Å². The van der Waals surface area contributed by atoms with Crippen LogP contribution in [0.2, 0.25) is 0 Å². The molecule has 2 aromatic rings. The van der Waals surface area contributed by atoms with Gasteiger partial charge >= 0.3 is 5.97 Å². The predicted octanol–water partition coefficient (Wildman–Crippen LogP) is 2.33. The van der Waals surface area contributed by atoms with E-state index in [1.54, 1.807) is 6.92 Å². The molecule has 25 heavy (non-hydrogen) atoms. The van der Waals surface area contributed by atoms with Gasteiger partial charge in [0.1, 0.15) is 11.3 Å². The maximum absolute atomic E-state index is 12.2. The first-order valence-electron chi connectivity index (χ1n) is 8.51. The molecule has 0 bridgehead atoms. The van der Waals surface area contributed by atoms with Gasteiger partial charge in [-0.2, -0.15) is 0 Å². The van der Waals surface area contributed by atoms with Gasteiger partial charge in [0.15, 0.2) is 5.76 Å². The second-order valence-corrected chi connectivity index (χ2v) is 6.16. The predicted molar refractivity (Wildman–Crippen MR) is 92.8 cm³/mol. The first kappa shape index (κ1) is 17.2. The Labute approximate surface area is 146 Å². The molecule has 1 aromatic carbocycles. The van der Waals surface area contributed by atoms with Gasteiger partial charge in [-0.15, -0.1) is 0 Å². The van der Waals surface area contributed by atoms with Gasteiger partial charge in [-0.3, -0.25) is 9.69 Å². The zero-order chi connectivity index (χ0) is 17.8. The molecule has 1 aromatic heterocycles. The molecule has 6 nitrogen and oxygen atoms in total. The van der Waals surface area contributed by atoms with Crippen LogP contribution in [0.1, 0.15) is 44.7 Å². The Hall–Kier alpha value is -2.60. The van der Waals surface area contributed by atoms with Gasteiger partial charge in [0.05, 0.1) is 0 Å². The molecule has 132 valence electrons. The Balaban J connectivity index is 1.53. The summed E-state index contributed by atoms with van der Waals surface area (Å²) in [7, 11) is 0. The van der Waals surface area contributed by atoms with Gasteiger partial charge in [0.2, 0.25) is 0 Å². The molecular weight excluding hydrogens is 320 g/mol. The molecule has 0 spiro atoms. The lowest BCUT2D eigenvalue weighted by atomic mass is 10.00. The number of furan rings is 1. The number of amides is 1. The van der Waals surface area contributed by atoms with E-state index < -0.39 is 5.97 Å². The summed E-state index contributed by atoms with van der Waals surface area (Å²) in [6.45, 7) is 4.88. The lowest BCUT2D eigenvalue weighted by molar-refractivity contribution is 0.0694. The highest BCUT2D eigenvalue weighted by molar-refractivity contribution is 5.96. The molecule has 0 atom stereocenters. The monoisotopic (exact) mass is 342 g/mol. The van der Waals surface area contributed by atoms with E-state index in [0.717, 1.165) is 26.1 Å². The molecular formula is C19H22N2O4. The minimum absolute atomic E-state index is 0.0539. The topological polar surface area (TPSA) is 82.8 Å². The summed E-state index contributed by atoms with van der Waals surface area (Å²) in [5, 5.41) is 11.9. The Morgan fingerprint density at radius 3 is 2.72 bits per heavy atom. The minimum Gasteiger partial charge on any atom is -0.478 e. The van der Waals surface area contributed by atoms with E-state index in [9.17, 15) is 9.59 Å². The van der Waals surface area contributed by atoms with Crippen molar-refractivity contribution < 1.29 is 19.1 Å². The fourth-order valence-corrected chi connectivity index (χ4v) is 3.14. The number of carbonyl (C=O) groups is 2. The number of carboxylic acids is 1. The SMILES string of the molecule is CCc1oc(C(=O)NCCN2CCc3ccccc3C2)cc1C(=O)O. The highest BCUT2D eigenvalue weighted by Crippen LogP contribution is 2.18. The van der Waals surface area contributed by atoms with Gasteiger partial charge in [-0.1, -0.05) is 31.2 Å². The molecule has 1 amide bonds. The molecule has 2 heterocycles. The Morgan fingerprint density at radius 1 is 1.28 bits per heavy atom. The third-order valence-electron chi connectivity index (χ3n) is 4.51. The van der Waals surface area contributed by atoms with Crippen molar-refractivity contribution in [1.82, 2.24) is 10.2 Å². The zero-order valence-electron chi connectivity index (χ0n) is 14.2. The van der Waals surface area contributed by atoms with E-state index in [1.165, 1.54) is 17.2 Å². The van der Waals surface area contributed by atoms with Crippen LogP contribution in [0, 0.1) is 0 Å². The van der Waals surface area contributed by atoms with Crippen molar-refractivity contribution in [3.05, 3.63) is 58.5 Å². The summed E-state index contributed by atoms with van der Waals surface area (Å²) in [6.07, 6.45) is 1.45. The van der Waals surface area contributed by atoms with Crippen LogP contribution in [0.15, 0.2) is 34.7 Å². The van der Waals surface area contributed by atoms with Gasteiger partial charge in [-0.25, -0.2) is 4.79 Å². The summed E-state index contributed by atoms with van der Waals surface area (Å²) >= 11 is 0. The fourth-order valence-electron chi connectivity index (χ4n) is 3.14. The molecule has 0 fully saturated rings. The van der Waals surface area contributed by atoms with E-state index in [1.807, 2.05) is 6.07 Å². The maximum Gasteiger partial charge on any atom is 0.339 e. The molecule has 0 aliphatic carbocycles. The van der Waals surface area contributed by atoms with Crippen molar-refractivity contribution >= 4 is 11.9 Å². The number of aryl methyl sites for hydroxylation is 1. The van der Waals surface area contributed by atoms with Crippen molar-refractivity contribution in [2.75, 3.05) is 19.6 Å². The van der Waals surface area contributed by atoms with Crippen molar-refractivity contribution in [1.29, 1.82) is 0 Å². The quantitative estimate of drug-likeness (QED) is 0.842. The number of hydrogen-bond acceptors (Lipinski definition) is 4. The standard InChI is InChI=1S/C19H22N2O4/c1-2-16-15(19(23)24)11-17(25-16)18(22)20-8-10-21-9-7-13-5-3-4-6-14(13)12-21/h3-6,11H,2,7-10,12H2,1H3,(H,20,22)(H,23,24). The molecule has 0 saturated carbocycles. The minimum atomic E-state index is -1.08. The van der Waals surface area contributed by atoms with E-state index in [-0.39, 0.29) is 17.2 Å². The number of aromatic carboxylic acids is 1. The van der Waals surface area contributed by atoms with Crippen LogP contribution in [0.4, 0.5) is 0 Å². The van der Waals surface area contributed by atoms with Crippen molar-refractivity contribution in [3.8, 4) is 0 Å². The number of fused-ring (bicyclic) bond motifs is 1. The van der Waals surface area contributed by atoms with E-state index in [4.69, 9.17) is 9.52 Å². The first-order chi connectivity index (χ1) is 12.1. The van der Waals surface area contributed by atoms with Crippen LogP contribution in [0.3, 0.4) is 0 Å². The highest BCUT2D eigenvalue weighted by atomic mass is 16.4. The molecule has 6 heteroatoms. The van der Waals surface area contributed by atoms with E-state index in [2.05, 4.69) is 28.4 Å². The van der Waals surface area contributed by atoms with E-state index in [0.29, 0.717) is 18.7 Å². The van der Waals surface area contributed by atoms with Gasteiger partial charge in [0, 0.05) is 38.7 Å². The summed E-state index contributed by atoms with van der Waals surface area (Å²) in [5.41, 5.74) is 2.79. The highest BCUT2D eigenvalue weighted by Gasteiger charge is 2.20. The lowest BCUT2D eigenvalue weighted by Crippen LogP contribution is -2.37. The third-order valence-corrected chi connectivity index (χ3v) is 4.51. The number of carbonyl (C=O) groups excluding carboxylic acids is 1. The van der Waals surface area contributed by atoms with Gasteiger partial charge in [-0.05, 0) is 17.5 Å². The first-order valence-corrected chi connectivity index (χ1v) is 8.51. The molecule has 3 rings (SSSR count). The zero-order valence-corrected chi connectivity index (χ0v) is 14.2. The van der Waals surface area contributed by atoms with Crippen LogP contribution in [0.5, 0.6) is 0 Å². The summed E-state index contributed by atoms with van der Waals surface area (Å²) < 4.78 is 5.37. The number of rotatable bonds is 6. The van der Waals surface area contributed by atoms with Crippen LogP contribution in [-0.4, -0.2) is 41.5 Å².